The summed E-state index contributed by atoms with van der Waals surface area (Å²) in [6.07, 6.45) is 4.39. The average molecular weight is 466 g/mol. The quantitative estimate of drug-likeness (QED) is 0.696. The Bertz CT molecular complexity index is 1060. The number of halogens is 3. The molecule has 3 aliphatic heterocycles. The van der Waals surface area contributed by atoms with Crippen LogP contribution >= 0.6 is 11.6 Å². The first-order chi connectivity index (χ1) is 15.4. The molecule has 1 unspecified atom stereocenters. The molecule has 2 bridgehead atoms. The molecule has 32 heavy (non-hydrogen) atoms. The number of rotatable bonds is 4. The fraction of sp³-hybridized carbons (Fsp3) is 0.682. The number of alkyl halides is 1. The van der Waals surface area contributed by atoms with E-state index in [1.807, 2.05) is 0 Å². The summed E-state index contributed by atoms with van der Waals surface area (Å²) in [7, 11) is 0. The highest BCUT2D eigenvalue weighted by molar-refractivity contribution is 6.30. The zero-order chi connectivity index (χ0) is 22.0. The van der Waals surface area contributed by atoms with Gasteiger partial charge in [-0.1, -0.05) is 11.6 Å². The second-order valence-electron chi connectivity index (χ2n) is 9.89. The van der Waals surface area contributed by atoms with Gasteiger partial charge in [-0.25, -0.2) is 13.8 Å². The van der Waals surface area contributed by atoms with Crippen LogP contribution in [-0.2, 0) is 0 Å². The molecule has 1 aliphatic carbocycles. The van der Waals surface area contributed by atoms with Gasteiger partial charge in [0.15, 0.2) is 11.0 Å². The molecule has 172 valence electrons. The van der Waals surface area contributed by atoms with Crippen LogP contribution in [0.2, 0.25) is 5.15 Å². The Kier molecular flexibility index (Phi) is 4.93. The van der Waals surface area contributed by atoms with Gasteiger partial charge in [0.2, 0.25) is 0 Å². The highest BCUT2D eigenvalue weighted by Gasteiger charge is 2.49. The monoisotopic (exact) mass is 465 g/mol. The van der Waals surface area contributed by atoms with Crippen LogP contribution in [0.3, 0.4) is 0 Å². The van der Waals surface area contributed by atoms with Gasteiger partial charge in [-0.3, -0.25) is 4.90 Å². The summed E-state index contributed by atoms with van der Waals surface area (Å²) in [6, 6.07) is 0.0654. The molecule has 0 aromatic carbocycles. The standard InChI is InChI=1S/C22H26ClF2N5O2/c23-19-17(25)18-15(7-26-19)20(29-8-12-4-13(9-29)16(31)5-12)28-21(27-18)32-11-22-2-1-3-30(22)10-14(24)6-22/h7,12-14,16,31H,1-6,8-11H2/t12-,13-,14-,16-,22?/m1/s1. The SMILES string of the molecule is O[C@@H]1C[C@H]2C[C@@H]1CN(c1nc(OCC34CCCN3C[C@H](F)C4)nc3c(F)c(Cl)ncc13)C2. The molecule has 5 atom stereocenters. The zero-order valence-electron chi connectivity index (χ0n) is 17.7. The third-order valence-corrected chi connectivity index (χ3v) is 8.08. The highest BCUT2D eigenvalue weighted by atomic mass is 35.5. The molecule has 0 spiro atoms. The van der Waals surface area contributed by atoms with Crippen molar-refractivity contribution in [1.29, 1.82) is 0 Å². The third kappa shape index (κ3) is 3.31. The average Bonchev–Trinajstić information content (AvgIpc) is 3.38. The minimum atomic E-state index is -0.857. The molecule has 4 fully saturated rings. The largest absolute Gasteiger partial charge is 0.461 e. The molecule has 2 aromatic heterocycles. The second kappa shape index (κ2) is 7.60. The van der Waals surface area contributed by atoms with E-state index in [9.17, 15) is 13.9 Å². The summed E-state index contributed by atoms with van der Waals surface area (Å²) >= 11 is 5.94. The van der Waals surface area contributed by atoms with Crippen LogP contribution in [0.25, 0.3) is 10.9 Å². The van der Waals surface area contributed by atoms with Crippen LogP contribution in [0.15, 0.2) is 6.20 Å². The molecule has 2 aromatic rings. The van der Waals surface area contributed by atoms with E-state index in [1.165, 1.54) is 6.20 Å². The van der Waals surface area contributed by atoms with E-state index in [1.54, 1.807) is 0 Å². The summed E-state index contributed by atoms with van der Waals surface area (Å²) in [6.45, 7) is 2.92. The first-order valence-electron chi connectivity index (χ1n) is 11.4. The van der Waals surface area contributed by atoms with Crippen LogP contribution in [0.4, 0.5) is 14.6 Å². The molecule has 4 aliphatic rings. The van der Waals surface area contributed by atoms with Gasteiger partial charge in [0.1, 0.15) is 24.1 Å². The normalized spacial score (nSPS) is 34.4. The van der Waals surface area contributed by atoms with Gasteiger partial charge >= 0.3 is 6.01 Å². The Morgan fingerprint density at radius 3 is 2.97 bits per heavy atom. The Labute approximate surface area is 189 Å². The lowest BCUT2D eigenvalue weighted by Gasteiger charge is -2.34. The number of fused-ring (bicyclic) bond motifs is 4. The van der Waals surface area contributed by atoms with E-state index in [2.05, 4.69) is 24.8 Å². The van der Waals surface area contributed by atoms with Gasteiger partial charge < -0.3 is 14.7 Å². The summed E-state index contributed by atoms with van der Waals surface area (Å²) < 4.78 is 35.0. The molecular formula is C22H26ClF2N5O2. The maximum atomic E-state index is 14.9. The van der Waals surface area contributed by atoms with E-state index in [0.717, 1.165) is 38.8 Å². The Hall–Kier alpha value is -1.84. The van der Waals surface area contributed by atoms with Gasteiger partial charge in [0.25, 0.3) is 0 Å². The van der Waals surface area contributed by atoms with Gasteiger partial charge in [-0.2, -0.15) is 9.97 Å². The Morgan fingerprint density at radius 1 is 1.25 bits per heavy atom. The maximum absolute atomic E-state index is 14.9. The van der Waals surface area contributed by atoms with Crippen molar-refractivity contribution in [3.05, 3.63) is 17.2 Å². The van der Waals surface area contributed by atoms with Gasteiger partial charge in [0.05, 0.1) is 17.0 Å². The van der Waals surface area contributed by atoms with E-state index >= 15 is 0 Å². The lowest BCUT2D eigenvalue weighted by Crippen LogP contribution is -2.43. The van der Waals surface area contributed by atoms with Crippen molar-refractivity contribution < 1.29 is 18.6 Å². The van der Waals surface area contributed by atoms with E-state index in [0.29, 0.717) is 36.6 Å². The predicted octanol–water partition coefficient (Wildman–Crippen LogP) is 2.98. The summed E-state index contributed by atoms with van der Waals surface area (Å²) in [4.78, 5) is 17.2. The second-order valence-corrected chi connectivity index (χ2v) is 10.2. The van der Waals surface area contributed by atoms with E-state index < -0.39 is 12.0 Å². The zero-order valence-corrected chi connectivity index (χ0v) is 18.4. The minimum absolute atomic E-state index is 0.0654. The summed E-state index contributed by atoms with van der Waals surface area (Å²) in [5, 5.41) is 10.5. The molecule has 0 radical (unpaired) electrons. The minimum Gasteiger partial charge on any atom is -0.461 e. The molecule has 5 heterocycles. The van der Waals surface area contributed by atoms with Crippen LogP contribution in [0, 0.1) is 17.7 Å². The van der Waals surface area contributed by atoms with E-state index in [4.69, 9.17) is 16.3 Å². The molecule has 3 saturated heterocycles. The summed E-state index contributed by atoms with van der Waals surface area (Å²) in [5.41, 5.74) is -0.278. The Morgan fingerprint density at radius 2 is 2.12 bits per heavy atom. The van der Waals surface area contributed by atoms with Crippen LogP contribution in [0.5, 0.6) is 6.01 Å². The van der Waals surface area contributed by atoms with Crippen molar-refractivity contribution >= 4 is 28.3 Å². The third-order valence-electron chi connectivity index (χ3n) is 7.82. The maximum Gasteiger partial charge on any atom is 0.319 e. The number of hydrogen-bond donors (Lipinski definition) is 1. The molecule has 10 heteroatoms. The number of aromatic nitrogens is 3. The fourth-order valence-corrected chi connectivity index (χ4v) is 6.49. The molecule has 6 rings (SSSR count). The molecule has 1 N–H and O–H groups in total. The summed E-state index contributed by atoms with van der Waals surface area (Å²) in [5.74, 6) is 0.378. The number of hydrogen-bond acceptors (Lipinski definition) is 7. The predicted molar refractivity (Wildman–Crippen MR) is 115 cm³/mol. The Balaban J connectivity index is 1.35. The fourth-order valence-electron chi connectivity index (χ4n) is 6.36. The van der Waals surface area contributed by atoms with Gasteiger partial charge in [-0.05, 0) is 38.1 Å². The lowest BCUT2D eigenvalue weighted by atomic mass is 9.95. The van der Waals surface area contributed by atoms with Crippen molar-refractivity contribution in [1.82, 2.24) is 19.9 Å². The highest BCUT2D eigenvalue weighted by Crippen LogP contribution is 2.42. The first-order valence-corrected chi connectivity index (χ1v) is 11.8. The van der Waals surface area contributed by atoms with Crippen LogP contribution in [0.1, 0.15) is 32.1 Å². The number of piperidine rings is 1. The van der Waals surface area contributed by atoms with Crippen molar-refractivity contribution in [3.8, 4) is 6.01 Å². The number of aliphatic hydroxyl groups excluding tert-OH is 1. The number of pyridine rings is 1. The topological polar surface area (TPSA) is 74.6 Å². The van der Waals surface area contributed by atoms with Gasteiger partial charge in [-0.15, -0.1) is 0 Å². The molecule has 0 amide bonds. The number of anilines is 1. The van der Waals surface area contributed by atoms with E-state index in [-0.39, 0.29) is 40.8 Å². The van der Waals surface area contributed by atoms with Gasteiger partial charge in [0, 0.05) is 38.2 Å². The van der Waals surface area contributed by atoms with Crippen molar-refractivity contribution in [2.45, 2.75) is 49.9 Å². The number of ether oxygens (including phenoxy) is 1. The lowest BCUT2D eigenvalue weighted by molar-refractivity contribution is 0.107. The van der Waals surface area contributed by atoms with Crippen molar-refractivity contribution in [2.24, 2.45) is 11.8 Å². The molecule has 7 nitrogen and oxygen atoms in total. The first kappa shape index (κ1) is 20.7. The number of nitrogens with zero attached hydrogens (tertiary/aromatic N) is 5. The molecule has 1 saturated carbocycles. The van der Waals surface area contributed by atoms with Crippen LogP contribution in [-0.4, -0.2) is 75.6 Å². The number of aliphatic hydroxyl groups is 1. The molecular weight excluding hydrogens is 440 g/mol. The van der Waals surface area contributed by atoms with Crippen molar-refractivity contribution in [2.75, 3.05) is 37.7 Å². The van der Waals surface area contributed by atoms with Crippen molar-refractivity contribution in [3.63, 3.8) is 0 Å². The smallest absolute Gasteiger partial charge is 0.319 e. The van der Waals surface area contributed by atoms with Crippen LogP contribution < -0.4 is 9.64 Å².